The molecular weight excluding hydrogens is 303 g/mol. The van der Waals surface area contributed by atoms with Gasteiger partial charge in [0.05, 0.1) is 16.5 Å². The minimum Gasteiger partial charge on any atom is -0.375 e. The molecule has 0 atom stereocenters. The molecule has 0 fully saturated rings. The molecule has 20 heavy (non-hydrogen) atoms. The Hall–Kier alpha value is -0.800. The van der Waals surface area contributed by atoms with Gasteiger partial charge in [0.1, 0.15) is 6.61 Å². The van der Waals surface area contributed by atoms with Crippen LogP contribution in [-0.2, 0) is 23.9 Å². The van der Waals surface area contributed by atoms with Gasteiger partial charge in [0.25, 0.3) is 6.43 Å². The van der Waals surface area contributed by atoms with E-state index in [0.717, 1.165) is 11.3 Å². The number of hydrogen-bond donors (Lipinski definition) is 1. The van der Waals surface area contributed by atoms with Crippen LogP contribution in [0.4, 0.5) is 22.0 Å². The highest BCUT2D eigenvalue weighted by molar-refractivity contribution is 7.11. The third kappa shape index (κ3) is 5.68. The molecule has 0 aliphatic carbocycles. The van der Waals surface area contributed by atoms with Crippen molar-refractivity contribution in [3.05, 3.63) is 15.6 Å². The van der Waals surface area contributed by atoms with E-state index in [4.69, 9.17) is 0 Å². The molecule has 0 saturated carbocycles. The van der Waals surface area contributed by atoms with Gasteiger partial charge >= 0.3 is 6.18 Å². The van der Waals surface area contributed by atoms with Crippen molar-refractivity contribution < 1.29 is 26.7 Å². The highest BCUT2D eigenvalue weighted by atomic mass is 32.1. The zero-order valence-electron chi connectivity index (χ0n) is 10.8. The number of ether oxygens (including phenoxy) is 1. The van der Waals surface area contributed by atoms with Gasteiger partial charge in [-0.2, -0.15) is 13.2 Å². The molecule has 116 valence electrons. The SMILES string of the molecule is CCNCc1sc(CCOCC(F)F)nc1C(F)(F)F. The maximum absolute atomic E-state index is 12.8. The summed E-state index contributed by atoms with van der Waals surface area (Å²) in [6, 6.07) is 0. The van der Waals surface area contributed by atoms with E-state index in [0.29, 0.717) is 6.54 Å². The average Bonchev–Trinajstić information content (AvgIpc) is 2.75. The van der Waals surface area contributed by atoms with Crippen LogP contribution >= 0.6 is 11.3 Å². The third-order valence-electron chi connectivity index (χ3n) is 2.25. The van der Waals surface area contributed by atoms with Crippen LogP contribution < -0.4 is 5.32 Å². The minimum atomic E-state index is -4.51. The van der Waals surface area contributed by atoms with Crippen LogP contribution in [0, 0.1) is 0 Å². The Morgan fingerprint density at radius 1 is 1.35 bits per heavy atom. The Labute approximate surface area is 117 Å². The van der Waals surface area contributed by atoms with Gasteiger partial charge in [0.2, 0.25) is 0 Å². The maximum atomic E-state index is 12.8. The number of halogens is 5. The first-order valence-electron chi connectivity index (χ1n) is 5.97. The summed E-state index contributed by atoms with van der Waals surface area (Å²) >= 11 is 0.924. The average molecular weight is 318 g/mol. The molecule has 1 aromatic heterocycles. The van der Waals surface area contributed by atoms with E-state index in [1.54, 1.807) is 6.92 Å². The van der Waals surface area contributed by atoms with Gasteiger partial charge in [-0.3, -0.25) is 0 Å². The molecule has 0 aromatic carbocycles. The summed E-state index contributed by atoms with van der Waals surface area (Å²) in [7, 11) is 0. The molecule has 0 saturated heterocycles. The standard InChI is InChI=1S/C11H15F5N2OS/c1-2-17-5-7-10(11(14,15)16)18-9(20-7)3-4-19-6-8(12)13/h8,17H,2-6H2,1H3. The summed E-state index contributed by atoms with van der Waals surface area (Å²) < 4.78 is 66.6. The molecule has 0 spiro atoms. The molecule has 3 nitrogen and oxygen atoms in total. The normalized spacial score (nSPS) is 12.3. The summed E-state index contributed by atoms with van der Waals surface area (Å²) in [4.78, 5) is 3.64. The molecule has 0 aliphatic rings. The fourth-order valence-electron chi connectivity index (χ4n) is 1.42. The molecule has 9 heteroatoms. The van der Waals surface area contributed by atoms with E-state index in [1.807, 2.05) is 0 Å². The second kappa shape index (κ2) is 7.84. The molecular formula is C11H15F5N2OS. The molecule has 0 bridgehead atoms. The summed E-state index contributed by atoms with van der Waals surface area (Å²) in [5.74, 6) is 0. The molecule has 1 N–H and O–H groups in total. The van der Waals surface area contributed by atoms with Gasteiger partial charge in [-0.25, -0.2) is 13.8 Å². The molecule has 0 aliphatic heterocycles. The van der Waals surface area contributed by atoms with Crippen LogP contribution in [0.1, 0.15) is 22.5 Å². The van der Waals surface area contributed by atoms with Crippen molar-refractivity contribution in [1.29, 1.82) is 0 Å². The van der Waals surface area contributed by atoms with Crippen molar-refractivity contribution in [2.75, 3.05) is 19.8 Å². The number of thiazole rings is 1. The van der Waals surface area contributed by atoms with E-state index in [1.165, 1.54) is 0 Å². The zero-order chi connectivity index (χ0) is 15.2. The zero-order valence-corrected chi connectivity index (χ0v) is 11.6. The van der Waals surface area contributed by atoms with Crippen LogP contribution in [0.5, 0.6) is 0 Å². The van der Waals surface area contributed by atoms with E-state index < -0.39 is 24.9 Å². The third-order valence-corrected chi connectivity index (χ3v) is 3.36. The largest absolute Gasteiger partial charge is 0.434 e. The highest BCUT2D eigenvalue weighted by Gasteiger charge is 2.37. The lowest BCUT2D eigenvalue weighted by Crippen LogP contribution is -2.15. The topological polar surface area (TPSA) is 34.1 Å². The van der Waals surface area contributed by atoms with Crippen molar-refractivity contribution in [2.24, 2.45) is 0 Å². The predicted octanol–water partition coefficient (Wildman–Crippen LogP) is 3.10. The Balaban J connectivity index is 2.65. The summed E-state index contributed by atoms with van der Waals surface area (Å²) in [6.45, 7) is 1.62. The van der Waals surface area contributed by atoms with Gasteiger partial charge < -0.3 is 10.1 Å². The summed E-state index contributed by atoms with van der Waals surface area (Å²) in [5.41, 5.74) is -0.910. The van der Waals surface area contributed by atoms with E-state index >= 15 is 0 Å². The van der Waals surface area contributed by atoms with Crippen LogP contribution in [0.15, 0.2) is 0 Å². The number of nitrogens with one attached hydrogen (secondary N) is 1. The number of hydrogen-bond acceptors (Lipinski definition) is 4. The Morgan fingerprint density at radius 2 is 2.05 bits per heavy atom. The molecule has 1 rings (SSSR count). The van der Waals surface area contributed by atoms with E-state index in [9.17, 15) is 22.0 Å². The fraction of sp³-hybridized carbons (Fsp3) is 0.727. The van der Waals surface area contributed by atoms with Crippen LogP contribution in [-0.4, -0.2) is 31.2 Å². The Kier molecular flexibility index (Phi) is 6.77. The smallest absolute Gasteiger partial charge is 0.375 e. The van der Waals surface area contributed by atoms with E-state index in [2.05, 4.69) is 15.0 Å². The minimum absolute atomic E-state index is 0.0736. The first-order chi connectivity index (χ1) is 9.34. The molecule has 1 heterocycles. The predicted molar refractivity (Wildman–Crippen MR) is 65.0 cm³/mol. The molecule has 0 unspecified atom stereocenters. The first-order valence-corrected chi connectivity index (χ1v) is 6.78. The molecule has 0 amide bonds. The van der Waals surface area contributed by atoms with Gasteiger partial charge in [0, 0.05) is 13.0 Å². The number of rotatable bonds is 8. The quantitative estimate of drug-likeness (QED) is 0.591. The van der Waals surface area contributed by atoms with Gasteiger partial charge in [-0.05, 0) is 6.54 Å². The molecule has 0 radical (unpaired) electrons. The van der Waals surface area contributed by atoms with Crippen LogP contribution in [0.2, 0.25) is 0 Å². The number of aromatic nitrogens is 1. The van der Waals surface area contributed by atoms with Crippen LogP contribution in [0.3, 0.4) is 0 Å². The fourth-order valence-corrected chi connectivity index (χ4v) is 2.46. The van der Waals surface area contributed by atoms with Gasteiger partial charge in [-0.1, -0.05) is 6.92 Å². The van der Waals surface area contributed by atoms with Crippen molar-refractivity contribution >= 4 is 11.3 Å². The first kappa shape index (κ1) is 17.3. The van der Waals surface area contributed by atoms with Gasteiger partial charge in [-0.15, -0.1) is 11.3 Å². The van der Waals surface area contributed by atoms with Crippen molar-refractivity contribution in [1.82, 2.24) is 10.3 Å². The second-order valence-corrected chi connectivity index (χ2v) is 5.04. The Morgan fingerprint density at radius 3 is 2.60 bits per heavy atom. The van der Waals surface area contributed by atoms with Crippen LogP contribution in [0.25, 0.3) is 0 Å². The molecule has 1 aromatic rings. The maximum Gasteiger partial charge on any atom is 0.434 e. The second-order valence-electron chi connectivity index (χ2n) is 3.87. The number of nitrogens with zero attached hydrogens (tertiary/aromatic N) is 1. The van der Waals surface area contributed by atoms with Crippen molar-refractivity contribution in [3.8, 4) is 0 Å². The lowest BCUT2D eigenvalue weighted by atomic mass is 10.3. The summed E-state index contributed by atoms with van der Waals surface area (Å²) in [6.07, 6.45) is -7.00. The van der Waals surface area contributed by atoms with Crippen molar-refractivity contribution in [3.63, 3.8) is 0 Å². The van der Waals surface area contributed by atoms with Gasteiger partial charge in [0.15, 0.2) is 5.69 Å². The Bertz CT molecular complexity index is 408. The monoisotopic (exact) mass is 318 g/mol. The van der Waals surface area contributed by atoms with Crippen molar-refractivity contribution in [2.45, 2.75) is 32.5 Å². The lowest BCUT2D eigenvalue weighted by Gasteiger charge is -2.05. The van der Waals surface area contributed by atoms with E-state index in [-0.39, 0.29) is 29.5 Å². The summed E-state index contributed by atoms with van der Waals surface area (Å²) in [5, 5.41) is 3.05. The highest BCUT2D eigenvalue weighted by Crippen LogP contribution is 2.34. The number of alkyl halides is 5. The lowest BCUT2D eigenvalue weighted by molar-refractivity contribution is -0.141.